The van der Waals surface area contributed by atoms with E-state index in [1.54, 1.807) is 17.1 Å². The molecule has 0 saturated carbocycles. The van der Waals surface area contributed by atoms with E-state index in [0.29, 0.717) is 19.5 Å². The lowest BCUT2D eigenvalue weighted by molar-refractivity contribution is -0.130. The highest BCUT2D eigenvalue weighted by Gasteiger charge is 2.19. The molecule has 0 aliphatic carbocycles. The smallest absolute Gasteiger partial charge is 0.224 e. The third-order valence-corrected chi connectivity index (χ3v) is 2.23. The summed E-state index contributed by atoms with van der Waals surface area (Å²) < 4.78 is 0. The van der Waals surface area contributed by atoms with Crippen molar-refractivity contribution in [3.05, 3.63) is 25.3 Å². The molecule has 1 rings (SSSR count). The van der Waals surface area contributed by atoms with Crippen molar-refractivity contribution in [3.63, 3.8) is 0 Å². The Hall–Kier alpha value is -1.09. The van der Waals surface area contributed by atoms with E-state index in [0.717, 1.165) is 19.6 Å². The number of amides is 1. The lowest BCUT2D eigenvalue weighted by Gasteiger charge is -2.19. The van der Waals surface area contributed by atoms with Crippen LogP contribution in [0, 0.1) is 0 Å². The highest BCUT2D eigenvalue weighted by atomic mass is 16.2. The minimum absolute atomic E-state index is 0.191. The first kappa shape index (κ1) is 11.0. The molecule has 1 heterocycles. The molecule has 0 aromatic carbocycles. The van der Waals surface area contributed by atoms with Gasteiger partial charge in [0.05, 0.1) is 0 Å². The van der Waals surface area contributed by atoms with Gasteiger partial charge in [-0.2, -0.15) is 0 Å². The Bertz CT molecular complexity index is 211. The zero-order valence-electron chi connectivity index (χ0n) is 8.61. The van der Waals surface area contributed by atoms with E-state index >= 15 is 0 Å². The molecule has 14 heavy (non-hydrogen) atoms. The van der Waals surface area contributed by atoms with Gasteiger partial charge in [0.2, 0.25) is 5.91 Å². The van der Waals surface area contributed by atoms with Gasteiger partial charge in [0.15, 0.2) is 0 Å². The Morgan fingerprint density at radius 2 is 1.86 bits per heavy atom. The Balaban J connectivity index is 2.27. The van der Waals surface area contributed by atoms with Crippen LogP contribution in [0.4, 0.5) is 0 Å². The average Bonchev–Trinajstić information content (AvgIpc) is 2.97. The fraction of sp³-hybridized carbons (Fsp3) is 0.545. The fourth-order valence-electron chi connectivity index (χ4n) is 1.30. The Morgan fingerprint density at radius 1 is 1.29 bits per heavy atom. The Labute approximate surface area is 85.7 Å². The van der Waals surface area contributed by atoms with Gasteiger partial charge in [-0.3, -0.25) is 4.79 Å². The summed E-state index contributed by atoms with van der Waals surface area (Å²) in [5.41, 5.74) is 0. The normalized spacial score (nSPS) is 14.9. The van der Waals surface area contributed by atoms with Crippen molar-refractivity contribution in [3.8, 4) is 0 Å². The highest BCUT2D eigenvalue weighted by molar-refractivity contribution is 5.76. The van der Waals surface area contributed by atoms with Gasteiger partial charge < -0.3 is 9.80 Å². The fourth-order valence-corrected chi connectivity index (χ4v) is 1.30. The SMILES string of the molecule is C=CCN(CC=C)C(=O)CCN1CC1. The number of carbonyl (C=O) groups is 1. The molecule has 3 heteroatoms. The summed E-state index contributed by atoms with van der Waals surface area (Å²) in [5, 5.41) is 0. The zero-order chi connectivity index (χ0) is 10.4. The molecule has 0 spiro atoms. The molecule has 1 amide bonds. The quantitative estimate of drug-likeness (QED) is 0.444. The molecule has 0 atom stereocenters. The maximum atomic E-state index is 11.7. The van der Waals surface area contributed by atoms with Gasteiger partial charge in [0, 0.05) is 39.1 Å². The first-order valence-corrected chi connectivity index (χ1v) is 5.00. The monoisotopic (exact) mass is 194 g/mol. The van der Waals surface area contributed by atoms with Crippen molar-refractivity contribution in [2.45, 2.75) is 6.42 Å². The molecule has 1 aliphatic heterocycles. The van der Waals surface area contributed by atoms with E-state index in [-0.39, 0.29) is 5.91 Å². The summed E-state index contributed by atoms with van der Waals surface area (Å²) in [6.07, 6.45) is 4.11. The van der Waals surface area contributed by atoms with Crippen molar-refractivity contribution in [2.75, 3.05) is 32.7 Å². The molecule has 0 N–H and O–H groups in total. The van der Waals surface area contributed by atoms with E-state index in [1.807, 2.05) is 0 Å². The molecule has 0 aromatic heterocycles. The van der Waals surface area contributed by atoms with Crippen LogP contribution in [0.5, 0.6) is 0 Å². The lowest BCUT2D eigenvalue weighted by atomic mass is 10.3. The molecule has 0 unspecified atom stereocenters. The molecular formula is C11H18N2O. The van der Waals surface area contributed by atoms with Crippen LogP contribution in [-0.4, -0.2) is 48.4 Å². The molecule has 3 nitrogen and oxygen atoms in total. The van der Waals surface area contributed by atoms with Crippen molar-refractivity contribution in [1.82, 2.24) is 9.80 Å². The van der Waals surface area contributed by atoms with E-state index < -0.39 is 0 Å². The summed E-state index contributed by atoms with van der Waals surface area (Å²) >= 11 is 0. The second kappa shape index (κ2) is 5.60. The molecule has 1 aliphatic rings. The van der Waals surface area contributed by atoms with Gasteiger partial charge in [0.25, 0.3) is 0 Å². The number of nitrogens with zero attached hydrogens (tertiary/aromatic N) is 2. The van der Waals surface area contributed by atoms with E-state index in [2.05, 4.69) is 18.1 Å². The maximum Gasteiger partial charge on any atom is 0.224 e. The summed E-state index contributed by atoms with van der Waals surface area (Å²) in [5.74, 6) is 0.191. The number of hydrogen-bond acceptors (Lipinski definition) is 2. The predicted octanol–water partition coefficient (Wildman–Crippen LogP) is 0.893. The van der Waals surface area contributed by atoms with Crippen molar-refractivity contribution < 1.29 is 4.79 Å². The van der Waals surface area contributed by atoms with Crippen LogP contribution < -0.4 is 0 Å². The third kappa shape index (κ3) is 3.75. The summed E-state index contributed by atoms with van der Waals surface area (Å²) in [7, 11) is 0. The lowest BCUT2D eigenvalue weighted by Crippen LogP contribution is -2.32. The van der Waals surface area contributed by atoms with E-state index in [1.165, 1.54) is 0 Å². The van der Waals surface area contributed by atoms with Gasteiger partial charge >= 0.3 is 0 Å². The molecule has 0 bridgehead atoms. The van der Waals surface area contributed by atoms with E-state index in [4.69, 9.17) is 0 Å². The molecule has 0 radical (unpaired) electrons. The number of rotatable bonds is 7. The topological polar surface area (TPSA) is 23.3 Å². The first-order valence-electron chi connectivity index (χ1n) is 5.00. The minimum Gasteiger partial charge on any atom is -0.335 e. The van der Waals surface area contributed by atoms with Gasteiger partial charge in [-0.05, 0) is 0 Å². The second-order valence-electron chi connectivity index (χ2n) is 3.47. The molecular weight excluding hydrogens is 176 g/mol. The van der Waals surface area contributed by atoms with Crippen LogP contribution >= 0.6 is 0 Å². The Kier molecular flexibility index (Phi) is 4.40. The maximum absolute atomic E-state index is 11.7. The second-order valence-corrected chi connectivity index (χ2v) is 3.47. The largest absolute Gasteiger partial charge is 0.335 e. The van der Waals surface area contributed by atoms with Crippen LogP contribution in [-0.2, 0) is 4.79 Å². The zero-order valence-corrected chi connectivity index (χ0v) is 8.61. The number of carbonyl (C=O) groups excluding carboxylic acids is 1. The highest BCUT2D eigenvalue weighted by Crippen LogP contribution is 2.05. The van der Waals surface area contributed by atoms with Crippen LogP contribution in [0.25, 0.3) is 0 Å². The molecule has 1 saturated heterocycles. The first-order chi connectivity index (χ1) is 6.77. The number of hydrogen-bond donors (Lipinski definition) is 0. The van der Waals surface area contributed by atoms with Crippen molar-refractivity contribution in [2.24, 2.45) is 0 Å². The predicted molar refractivity (Wildman–Crippen MR) is 58.0 cm³/mol. The molecule has 1 fully saturated rings. The van der Waals surface area contributed by atoms with Gasteiger partial charge in [0.1, 0.15) is 0 Å². The van der Waals surface area contributed by atoms with Gasteiger partial charge in [-0.1, -0.05) is 12.2 Å². The van der Waals surface area contributed by atoms with E-state index in [9.17, 15) is 4.79 Å². The van der Waals surface area contributed by atoms with Crippen LogP contribution in [0.15, 0.2) is 25.3 Å². The average molecular weight is 194 g/mol. The van der Waals surface area contributed by atoms with Crippen molar-refractivity contribution >= 4 is 5.91 Å². The summed E-state index contributed by atoms with van der Waals surface area (Å²) in [4.78, 5) is 15.7. The van der Waals surface area contributed by atoms with Crippen LogP contribution in [0.2, 0.25) is 0 Å². The van der Waals surface area contributed by atoms with Gasteiger partial charge in [-0.15, -0.1) is 13.2 Å². The van der Waals surface area contributed by atoms with Crippen LogP contribution in [0.3, 0.4) is 0 Å². The van der Waals surface area contributed by atoms with Crippen molar-refractivity contribution in [1.29, 1.82) is 0 Å². The summed E-state index contributed by atoms with van der Waals surface area (Å²) in [6, 6.07) is 0. The van der Waals surface area contributed by atoms with Gasteiger partial charge in [-0.25, -0.2) is 0 Å². The standard InChI is InChI=1S/C11H18N2O/c1-3-6-13(7-4-2)11(14)5-8-12-9-10-12/h3-4H,1-2,5-10H2. The minimum atomic E-state index is 0.191. The summed E-state index contributed by atoms with van der Waals surface area (Å²) in [6.45, 7) is 11.7. The molecule has 78 valence electrons. The molecule has 0 aromatic rings. The van der Waals surface area contributed by atoms with Crippen LogP contribution in [0.1, 0.15) is 6.42 Å². The third-order valence-electron chi connectivity index (χ3n) is 2.23. The Morgan fingerprint density at radius 3 is 2.29 bits per heavy atom.